The Labute approximate surface area is 167 Å². The van der Waals surface area contributed by atoms with E-state index in [2.05, 4.69) is 21.2 Å². The van der Waals surface area contributed by atoms with Crippen LogP contribution in [-0.2, 0) is 4.79 Å². The number of carbonyl (C=O) groups excluding carboxylic acids is 1. The summed E-state index contributed by atoms with van der Waals surface area (Å²) in [5, 5.41) is 3.97. The van der Waals surface area contributed by atoms with Gasteiger partial charge in [0.2, 0.25) is 5.91 Å². The van der Waals surface area contributed by atoms with Crippen LogP contribution < -0.4 is 10.1 Å². The van der Waals surface area contributed by atoms with Crippen molar-refractivity contribution in [1.29, 1.82) is 0 Å². The summed E-state index contributed by atoms with van der Waals surface area (Å²) in [5.41, 5.74) is 6.29. The van der Waals surface area contributed by atoms with Crippen LogP contribution in [0.2, 0.25) is 0 Å². The minimum absolute atomic E-state index is 0.179. The van der Waals surface area contributed by atoms with Crippen molar-refractivity contribution in [2.45, 2.75) is 27.7 Å². The van der Waals surface area contributed by atoms with Crippen LogP contribution in [0.3, 0.4) is 0 Å². The minimum atomic E-state index is -0.179. The smallest absolute Gasteiger partial charge is 0.248 e. The third-order valence-corrected chi connectivity index (χ3v) is 5.15. The lowest BCUT2D eigenvalue weighted by molar-refractivity contribution is -0.111. The minimum Gasteiger partial charge on any atom is -0.496 e. The number of aryl methyl sites for hydroxylation is 3. The third kappa shape index (κ3) is 3.78. The molecule has 0 aliphatic carbocycles. The van der Waals surface area contributed by atoms with Crippen molar-refractivity contribution in [3.8, 4) is 5.75 Å². The van der Waals surface area contributed by atoms with E-state index in [-0.39, 0.29) is 5.91 Å². The number of fused-ring (bicyclic) bond motifs is 1. The van der Waals surface area contributed by atoms with Gasteiger partial charge in [0.15, 0.2) is 0 Å². The summed E-state index contributed by atoms with van der Waals surface area (Å²) in [4.78, 5) is 12.5. The predicted molar refractivity (Wildman–Crippen MR) is 113 cm³/mol. The largest absolute Gasteiger partial charge is 0.496 e. The second-order valence-corrected chi connectivity index (χ2v) is 7.57. The Morgan fingerprint density at radius 2 is 1.93 bits per heavy atom. The predicted octanol–water partition coefficient (Wildman–Crippen LogP) is 6.17. The summed E-state index contributed by atoms with van der Waals surface area (Å²) < 4.78 is 12.2. The van der Waals surface area contributed by atoms with E-state index in [9.17, 15) is 4.79 Å². The lowest BCUT2D eigenvalue weighted by Crippen LogP contribution is -2.10. The van der Waals surface area contributed by atoms with E-state index in [1.165, 1.54) is 0 Å². The van der Waals surface area contributed by atoms with Crippen molar-refractivity contribution in [2.24, 2.45) is 0 Å². The van der Waals surface area contributed by atoms with E-state index in [1.807, 2.05) is 52.0 Å². The number of carbonyl (C=O) groups is 1. The van der Waals surface area contributed by atoms with Gasteiger partial charge in [0, 0.05) is 32.7 Å². The SMILES string of the molecule is COc1c(/C(C)=C/C(=O)Nc2ccc(Br)cc2C)cc2c(C)coc2c1C. The summed E-state index contributed by atoms with van der Waals surface area (Å²) >= 11 is 3.43. The molecular weight excluding hydrogens is 406 g/mol. The number of furan rings is 1. The molecule has 140 valence electrons. The van der Waals surface area contributed by atoms with Crippen LogP contribution in [0.1, 0.15) is 29.2 Å². The van der Waals surface area contributed by atoms with Crippen LogP contribution in [0.25, 0.3) is 16.5 Å². The van der Waals surface area contributed by atoms with Gasteiger partial charge in [-0.2, -0.15) is 0 Å². The molecule has 0 radical (unpaired) electrons. The molecule has 0 spiro atoms. The summed E-state index contributed by atoms with van der Waals surface area (Å²) in [6.45, 7) is 7.83. The maximum atomic E-state index is 12.5. The molecule has 27 heavy (non-hydrogen) atoms. The molecule has 0 aliphatic rings. The number of hydrogen-bond acceptors (Lipinski definition) is 3. The average molecular weight is 428 g/mol. The number of rotatable bonds is 4. The monoisotopic (exact) mass is 427 g/mol. The zero-order valence-electron chi connectivity index (χ0n) is 16.1. The Bertz CT molecular complexity index is 1060. The van der Waals surface area contributed by atoms with Gasteiger partial charge in [0.25, 0.3) is 0 Å². The number of anilines is 1. The van der Waals surface area contributed by atoms with Crippen LogP contribution in [-0.4, -0.2) is 13.0 Å². The number of hydrogen-bond donors (Lipinski definition) is 1. The molecule has 3 aromatic rings. The molecule has 0 bridgehead atoms. The molecule has 0 fully saturated rings. The van der Waals surface area contributed by atoms with Crippen LogP contribution in [0.5, 0.6) is 5.75 Å². The van der Waals surface area contributed by atoms with Gasteiger partial charge in [0.1, 0.15) is 11.3 Å². The van der Waals surface area contributed by atoms with E-state index in [1.54, 1.807) is 19.4 Å². The highest BCUT2D eigenvalue weighted by molar-refractivity contribution is 9.10. The van der Waals surface area contributed by atoms with Crippen molar-refractivity contribution in [1.82, 2.24) is 0 Å². The average Bonchev–Trinajstić information content (AvgIpc) is 2.98. The Kier molecular flexibility index (Phi) is 5.42. The molecule has 0 atom stereocenters. The molecule has 3 rings (SSSR count). The van der Waals surface area contributed by atoms with Gasteiger partial charge in [0.05, 0.1) is 13.4 Å². The lowest BCUT2D eigenvalue weighted by atomic mass is 9.98. The molecule has 0 unspecified atom stereocenters. The van der Waals surface area contributed by atoms with E-state index in [0.717, 1.165) is 54.7 Å². The molecule has 0 saturated heterocycles. The highest BCUT2D eigenvalue weighted by atomic mass is 79.9. The van der Waals surface area contributed by atoms with E-state index >= 15 is 0 Å². The molecule has 5 heteroatoms. The van der Waals surface area contributed by atoms with Crippen LogP contribution in [0.15, 0.2) is 45.5 Å². The fourth-order valence-corrected chi connectivity index (χ4v) is 3.68. The standard InChI is InChI=1S/C22H22BrNO3/c1-12(9-20(25)24-19-7-6-16(23)8-13(19)2)17-10-18-14(3)11-27-22(18)15(4)21(17)26-5/h6-11H,1-5H3,(H,24,25)/b12-9+. The number of amides is 1. The molecule has 2 aromatic carbocycles. The van der Waals surface area contributed by atoms with Crippen molar-refractivity contribution in [3.05, 3.63) is 63.3 Å². The van der Waals surface area contributed by atoms with Crippen LogP contribution in [0, 0.1) is 20.8 Å². The highest BCUT2D eigenvalue weighted by Gasteiger charge is 2.17. The van der Waals surface area contributed by atoms with Gasteiger partial charge in [-0.15, -0.1) is 0 Å². The van der Waals surface area contributed by atoms with Crippen molar-refractivity contribution in [2.75, 3.05) is 12.4 Å². The number of benzene rings is 2. The number of methoxy groups -OCH3 is 1. The normalized spacial score (nSPS) is 11.7. The summed E-state index contributed by atoms with van der Waals surface area (Å²) in [5.74, 6) is 0.542. The van der Waals surface area contributed by atoms with Crippen molar-refractivity contribution in [3.63, 3.8) is 0 Å². The Morgan fingerprint density at radius 3 is 2.59 bits per heavy atom. The molecule has 1 N–H and O–H groups in total. The molecule has 4 nitrogen and oxygen atoms in total. The number of halogens is 1. The fraction of sp³-hybridized carbons (Fsp3) is 0.227. The van der Waals surface area contributed by atoms with Crippen molar-refractivity contribution >= 4 is 44.1 Å². The zero-order chi connectivity index (χ0) is 19.7. The van der Waals surface area contributed by atoms with E-state index in [4.69, 9.17) is 9.15 Å². The topological polar surface area (TPSA) is 51.5 Å². The Balaban J connectivity index is 1.97. The molecule has 1 amide bonds. The fourth-order valence-electron chi connectivity index (χ4n) is 3.20. The quantitative estimate of drug-likeness (QED) is 0.506. The van der Waals surface area contributed by atoms with Gasteiger partial charge in [-0.1, -0.05) is 15.9 Å². The molecule has 0 aliphatic heterocycles. The first kappa shape index (κ1) is 19.2. The van der Waals surface area contributed by atoms with Crippen molar-refractivity contribution < 1.29 is 13.9 Å². The van der Waals surface area contributed by atoms with Gasteiger partial charge in [-0.05, 0) is 68.7 Å². The third-order valence-electron chi connectivity index (χ3n) is 4.66. The molecular formula is C22H22BrNO3. The summed E-state index contributed by atoms with van der Waals surface area (Å²) in [6, 6.07) is 7.77. The van der Waals surface area contributed by atoms with E-state index in [0.29, 0.717) is 0 Å². The number of allylic oxidation sites excluding steroid dienone is 1. The Morgan fingerprint density at radius 1 is 1.19 bits per heavy atom. The van der Waals surface area contributed by atoms with Gasteiger partial charge >= 0.3 is 0 Å². The first-order valence-electron chi connectivity index (χ1n) is 8.63. The maximum absolute atomic E-state index is 12.5. The number of nitrogens with one attached hydrogen (secondary N) is 1. The number of ether oxygens (including phenoxy) is 1. The Hall–Kier alpha value is -2.53. The maximum Gasteiger partial charge on any atom is 0.248 e. The first-order valence-corrected chi connectivity index (χ1v) is 9.42. The van der Waals surface area contributed by atoms with Gasteiger partial charge in [-0.3, -0.25) is 4.79 Å². The first-order chi connectivity index (χ1) is 12.8. The molecule has 0 saturated carbocycles. The second kappa shape index (κ2) is 7.61. The van der Waals surface area contributed by atoms with Gasteiger partial charge in [-0.25, -0.2) is 0 Å². The van der Waals surface area contributed by atoms with Crippen LogP contribution >= 0.6 is 15.9 Å². The van der Waals surface area contributed by atoms with Gasteiger partial charge < -0.3 is 14.5 Å². The summed E-state index contributed by atoms with van der Waals surface area (Å²) in [6.07, 6.45) is 3.34. The zero-order valence-corrected chi connectivity index (χ0v) is 17.7. The highest BCUT2D eigenvalue weighted by Crippen LogP contribution is 2.37. The lowest BCUT2D eigenvalue weighted by Gasteiger charge is -2.13. The van der Waals surface area contributed by atoms with E-state index < -0.39 is 0 Å². The summed E-state index contributed by atoms with van der Waals surface area (Å²) in [7, 11) is 1.63. The molecule has 1 heterocycles. The second-order valence-electron chi connectivity index (χ2n) is 6.65. The molecule has 1 aromatic heterocycles. The van der Waals surface area contributed by atoms with Crippen LogP contribution in [0.4, 0.5) is 5.69 Å².